The third kappa shape index (κ3) is 5.28. The Balaban J connectivity index is 3.92. The summed E-state index contributed by atoms with van der Waals surface area (Å²) in [7, 11) is 0. The van der Waals surface area contributed by atoms with Crippen LogP contribution in [0.15, 0.2) is 11.1 Å². The summed E-state index contributed by atoms with van der Waals surface area (Å²) in [6.07, 6.45) is -0.827. The summed E-state index contributed by atoms with van der Waals surface area (Å²) in [4.78, 5) is 11.4. The molecule has 0 saturated carbocycles. The van der Waals surface area contributed by atoms with Crippen LogP contribution in [0.5, 0.6) is 0 Å². The maximum absolute atomic E-state index is 11.4. The summed E-state index contributed by atoms with van der Waals surface area (Å²) in [6, 6.07) is 0. The quantitative estimate of drug-likeness (QED) is 0.535. The molecule has 0 aromatic heterocycles. The SMILES string of the molecule is CCC(O)C(O)CCOC(=O)C(C)=C(C)C. The molecule has 94 valence electrons. The predicted molar refractivity (Wildman–Crippen MR) is 61.9 cm³/mol. The van der Waals surface area contributed by atoms with Crippen LogP contribution in [0, 0.1) is 0 Å². The van der Waals surface area contributed by atoms with Crippen molar-refractivity contribution in [2.24, 2.45) is 0 Å². The van der Waals surface area contributed by atoms with Gasteiger partial charge < -0.3 is 14.9 Å². The molecular weight excluding hydrogens is 208 g/mol. The zero-order chi connectivity index (χ0) is 12.7. The van der Waals surface area contributed by atoms with Crippen molar-refractivity contribution in [3.63, 3.8) is 0 Å². The van der Waals surface area contributed by atoms with Crippen molar-refractivity contribution >= 4 is 5.97 Å². The lowest BCUT2D eigenvalue weighted by atomic mass is 10.1. The van der Waals surface area contributed by atoms with Gasteiger partial charge in [0.25, 0.3) is 0 Å². The number of hydrogen-bond acceptors (Lipinski definition) is 4. The molecule has 2 atom stereocenters. The van der Waals surface area contributed by atoms with Crippen molar-refractivity contribution < 1.29 is 19.7 Å². The molecule has 16 heavy (non-hydrogen) atoms. The molecule has 0 bridgehead atoms. The van der Waals surface area contributed by atoms with Crippen LogP contribution in [0.25, 0.3) is 0 Å². The number of ether oxygens (including phenoxy) is 1. The van der Waals surface area contributed by atoms with Crippen molar-refractivity contribution in [3.05, 3.63) is 11.1 Å². The second-order valence-electron chi connectivity index (χ2n) is 4.09. The molecular formula is C12H22O4. The number of allylic oxidation sites excluding steroid dienone is 1. The van der Waals surface area contributed by atoms with Crippen LogP contribution in [0.2, 0.25) is 0 Å². The summed E-state index contributed by atoms with van der Waals surface area (Å²) in [5.41, 5.74) is 1.50. The molecule has 4 heteroatoms. The van der Waals surface area contributed by atoms with E-state index in [-0.39, 0.29) is 19.0 Å². The van der Waals surface area contributed by atoms with Gasteiger partial charge >= 0.3 is 5.97 Å². The molecule has 0 aromatic rings. The van der Waals surface area contributed by atoms with E-state index in [9.17, 15) is 15.0 Å². The van der Waals surface area contributed by atoms with E-state index in [2.05, 4.69) is 0 Å². The third-order valence-electron chi connectivity index (χ3n) is 2.57. The number of carbonyl (C=O) groups excluding carboxylic acids is 1. The molecule has 2 unspecified atom stereocenters. The summed E-state index contributed by atoms with van der Waals surface area (Å²) in [5, 5.41) is 18.7. The number of esters is 1. The van der Waals surface area contributed by atoms with Crippen LogP contribution >= 0.6 is 0 Å². The van der Waals surface area contributed by atoms with E-state index in [1.54, 1.807) is 13.8 Å². The minimum atomic E-state index is -0.829. The zero-order valence-electron chi connectivity index (χ0n) is 10.5. The van der Waals surface area contributed by atoms with Crippen LogP contribution < -0.4 is 0 Å². The molecule has 0 aromatic carbocycles. The Morgan fingerprint density at radius 3 is 2.19 bits per heavy atom. The van der Waals surface area contributed by atoms with Gasteiger partial charge in [-0.1, -0.05) is 12.5 Å². The molecule has 0 spiro atoms. The van der Waals surface area contributed by atoms with Gasteiger partial charge in [0.15, 0.2) is 0 Å². The minimum Gasteiger partial charge on any atom is -0.462 e. The molecule has 0 aliphatic heterocycles. The van der Waals surface area contributed by atoms with E-state index in [4.69, 9.17) is 4.74 Å². The van der Waals surface area contributed by atoms with E-state index < -0.39 is 12.2 Å². The van der Waals surface area contributed by atoms with Gasteiger partial charge in [0, 0.05) is 12.0 Å². The van der Waals surface area contributed by atoms with Crippen molar-refractivity contribution in [1.82, 2.24) is 0 Å². The van der Waals surface area contributed by atoms with Gasteiger partial charge in [-0.15, -0.1) is 0 Å². The smallest absolute Gasteiger partial charge is 0.333 e. The van der Waals surface area contributed by atoms with Crippen LogP contribution in [0.3, 0.4) is 0 Å². The van der Waals surface area contributed by atoms with Crippen LogP contribution in [-0.4, -0.2) is 35.0 Å². The first-order valence-electron chi connectivity index (χ1n) is 5.57. The molecule has 0 heterocycles. The lowest BCUT2D eigenvalue weighted by Gasteiger charge is -2.15. The first kappa shape index (κ1) is 15.1. The van der Waals surface area contributed by atoms with E-state index in [0.29, 0.717) is 12.0 Å². The minimum absolute atomic E-state index is 0.127. The topological polar surface area (TPSA) is 66.8 Å². The highest BCUT2D eigenvalue weighted by Crippen LogP contribution is 2.07. The Bertz CT molecular complexity index is 254. The van der Waals surface area contributed by atoms with Crippen LogP contribution in [0.4, 0.5) is 0 Å². The summed E-state index contributed by atoms with van der Waals surface area (Å²) < 4.78 is 4.96. The standard InChI is InChI=1S/C12H22O4/c1-5-10(13)11(14)6-7-16-12(15)9(4)8(2)3/h10-11,13-14H,5-7H2,1-4H3. The van der Waals surface area contributed by atoms with Gasteiger partial charge in [-0.05, 0) is 27.2 Å². The average Bonchev–Trinajstić information content (AvgIpc) is 2.26. The van der Waals surface area contributed by atoms with Crippen molar-refractivity contribution in [2.45, 2.75) is 52.7 Å². The summed E-state index contributed by atoms with van der Waals surface area (Å²) in [6.45, 7) is 7.29. The van der Waals surface area contributed by atoms with Crippen molar-refractivity contribution in [3.8, 4) is 0 Å². The first-order valence-corrected chi connectivity index (χ1v) is 5.57. The summed E-state index contributed by atoms with van der Waals surface area (Å²) >= 11 is 0. The highest BCUT2D eigenvalue weighted by atomic mass is 16.5. The number of aliphatic hydroxyl groups excluding tert-OH is 2. The zero-order valence-corrected chi connectivity index (χ0v) is 10.5. The highest BCUT2D eigenvalue weighted by Gasteiger charge is 2.15. The predicted octanol–water partition coefficient (Wildman–Crippen LogP) is 1.41. The molecule has 0 radical (unpaired) electrons. The Hall–Kier alpha value is -0.870. The largest absolute Gasteiger partial charge is 0.462 e. The number of carbonyl (C=O) groups is 1. The van der Waals surface area contributed by atoms with Gasteiger partial charge in [-0.2, -0.15) is 0 Å². The third-order valence-corrected chi connectivity index (χ3v) is 2.57. The van der Waals surface area contributed by atoms with Gasteiger partial charge in [-0.3, -0.25) is 0 Å². The fraction of sp³-hybridized carbons (Fsp3) is 0.750. The van der Waals surface area contributed by atoms with E-state index in [1.165, 1.54) is 0 Å². The van der Waals surface area contributed by atoms with Crippen molar-refractivity contribution in [1.29, 1.82) is 0 Å². The Labute approximate surface area is 96.9 Å². The monoisotopic (exact) mass is 230 g/mol. The van der Waals surface area contributed by atoms with Crippen molar-refractivity contribution in [2.75, 3.05) is 6.61 Å². The van der Waals surface area contributed by atoms with E-state index in [1.807, 2.05) is 13.8 Å². The summed E-state index contributed by atoms with van der Waals surface area (Å²) in [5.74, 6) is -0.363. The van der Waals surface area contributed by atoms with Crippen LogP contribution in [0.1, 0.15) is 40.5 Å². The maximum atomic E-state index is 11.4. The first-order chi connectivity index (χ1) is 7.40. The molecule has 0 rings (SSSR count). The Morgan fingerprint density at radius 2 is 1.75 bits per heavy atom. The fourth-order valence-electron chi connectivity index (χ4n) is 1.05. The Kier molecular flexibility index (Phi) is 7.01. The lowest BCUT2D eigenvalue weighted by Crippen LogP contribution is -2.26. The maximum Gasteiger partial charge on any atom is 0.333 e. The van der Waals surface area contributed by atoms with Gasteiger partial charge in [0.1, 0.15) is 0 Å². The van der Waals surface area contributed by atoms with E-state index >= 15 is 0 Å². The number of rotatable bonds is 6. The van der Waals surface area contributed by atoms with Gasteiger partial charge in [0.05, 0.1) is 18.8 Å². The highest BCUT2D eigenvalue weighted by molar-refractivity contribution is 5.88. The molecule has 0 fully saturated rings. The Morgan fingerprint density at radius 1 is 1.19 bits per heavy atom. The lowest BCUT2D eigenvalue weighted by molar-refractivity contribution is -0.140. The second kappa shape index (κ2) is 7.41. The molecule has 0 amide bonds. The normalized spacial score (nSPS) is 14.1. The second-order valence-corrected chi connectivity index (χ2v) is 4.09. The molecule has 0 aliphatic carbocycles. The number of hydrogen-bond donors (Lipinski definition) is 2. The van der Waals surface area contributed by atoms with Gasteiger partial charge in [0.2, 0.25) is 0 Å². The number of aliphatic hydroxyl groups is 2. The molecule has 4 nitrogen and oxygen atoms in total. The van der Waals surface area contributed by atoms with E-state index in [0.717, 1.165) is 5.57 Å². The molecule has 0 aliphatic rings. The van der Waals surface area contributed by atoms with Crippen LogP contribution in [-0.2, 0) is 9.53 Å². The molecule has 2 N–H and O–H groups in total. The fourth-order valence-corrected chi connectivity index (χ4v) is 1.05. The average molecular weight is 230 g/mol. The molecule has 0 saturated heterocycles. The van der Waals surface area contributed by atoms with Gasteiger partial charge in [-0.25, -0.2) is 4.79 Å².